The molecule has 0 aromatic heterocycles. The molecule has 2 aromatic rings. The molecule has 1 aliphatic heterocycles. The molecule has 4 rings (SSSR count). The first-order valence-electron chi connectivity index (χ1n) is 10.0. The minimum atomic E-state index is -0.732. The number of amides is 1. The first-order valence-corrected chi connectivity index (χ1v) is 10.4. The van der Waals surface area contributed by atoms with E-state index in [2.05, 4.69) is 6.07 Å². The van der Waals surface area contributed by atoms with E-state index in [4.69, 9.17) is 21.7 Å². The van der Waals surface area contributed by atoms with Crippen molar-refractivity contribution in [2.45, 2.75) is 31.7 Å². The first-order chi connectivity index (χ1) is 15.0. The van der Waals surface area contributed by atoms with E-state index in [1.165, 1.54) is 12.0 Å². The molecule has 0 radical (unpaired) electrons. The predicted molar refractivity (Wildman–Crippen MR) is 119 cm³/mol. The van der Waals surface area contributed by atoms with Crippen LogP contribution in [0.5, 0.6) is 5.75 Å². The molecule has 0 bridgehead atoms. The maximum absolute atomic E-state index is 13.5. The van der Waals surface area contributed by atoms with E-state index < -0.39 is 11.5 Å². The molecule has 8 heteroatoms. The van der Waals surface area contributed by atoms with Crippen LogP contribution in [0.4, 0.5) is 11.4 Å². The van der Waals surface area contributed by atoms with Crippen LogP contribution in [-0.2, 0) is 9.53 Å². The van der Waals surface area contributed by atoms with Gasteiger partial charge in [-0.2, -0.15) is 5.26 Å². The van der Waals surface area contributed by atoms with Crippen LogP contribution in [0.15, 0.2) is 42.5 Å². The molecule has 1 saturated carbocycles. The molecule has 0 N–H and O–H groups in total. The largest absolute Gasteiger partial charge is 0.495 e. The molecule has 2 fully saturated rings. The highest BCUT2D eigenvalue weighted by Gasteiger charge is 2.59. The van der Waals surface area contributed by atoms with Crippen LogP contribution in [0, 0.1) is 11.3 Å². The van der Waals surface area contributed by atoms with E-state index in [1.54, 1.807) is 49.4 Å². The number of carbonyl (C=O) groups excluding carboxylic acids is 2. The zero-order valence-corrected chi connectivity index (χ0v) is 18.1. The number of hydrogen-bond acceptors (Lipinski definition) is 6. The number of thiocarbonyl (C=S) groups is 1. The van der Waals surface area contributed by atoms with Crippen molar-refractivity contribution in [2.24, 2.45) is 0 Å². The van der Waals surface area contributed by atoms with Crippen molar-refractivity contribution in [3.05, 3.63) is 53.6 Å². The molecule has 1 saturated heterocycles. The maximum Gasteiger partial charge on any atom is 0.338 e. The third-order valence-electron chi connectivity index (χ3n) is 5.79. The highest BCUT2D eigenvalue weighted by atomic mass is 32.1. The van der Waals surface area contributed by atoms with Crippen molar-refractivity contribution in [2.75, 3.05) is 23.5 Å². The van der Waals surface area contributed by atoms with Gasteiger partial charge in [-0.3, -0.25) is 9.69 Å². The first kappa shape index (κ1) is 20.8. The minimum Gasteiger partial charge on any atom is -0.495 e. The molecule has 2 aliphatic rings. The SMILES string of the molecule is CCOC(=O)c1ccc(N2C(=S)N(c3ccc(C#N)c(OC)c3)C(=O)C23CCC3)cc1. The highest BCUT2D eigenvalue weighted by molar-refractivity contribution is 7.81. The standard InChI is InChI=1S/C23H21N3O4S/c1-3-30-20(27)15-5-8-17(9-6-15)26-22(31)25(21(28)23(26)11-4-12-23)18-10-7-16(14-24)19(13-18)29-2/h5-10,13H,3-4,11-12H2,1-2H3. The summed E-state index contributed by atoms with van der Waals surface area (Å²) in [6.45, 7) is 2.06. The summed E-state index contributed by atoms with van der Waals surface area (Å²) in [7, 11) is 1.48. The van der Waals surface area contributed by atoms with E-state index in [0.29, 0.717) is 47.1 Å². The average molecular weight is 436 g/mol. The van der Waals surface area contributed by atoms with Gasteiger partial charge >= 0.3 is 5.97 Å². The second-order valence-corrected chi connectivity index (χ2v) is 7.77. The van der Waals surface area contributed by atoms with Gasteiger partial charge in [0.1, 0.15) is 17.4 Å². The minimum absolute atomic E-state index is 0.0926. The van der Waals surface area contributed by atoms with E-state index in [0.717, 1.165) is 12.1 Å². The Bertz CT molecular complexity index is 1100. The average Bonchev–Trinajstić information content (AvgIpc) is 3.00. The third kappa shape index (κ3) is 3.22. The van der Waals surface area contributed by atoms with Gasteiger partial charge in [-0.05, 0) is 74.8 Å². The number of ether oxygens (including phenoxy) is 2. The number of hydrogen-bond donors (Lipinski definition) is 0. The van der Waals surface area contributed by atoms with E-state index in [1.807, 2.05) is 4.90 Å². The van der Waals surface area contributed by atoms with Crippen LogP contribution in [-0.4, -0.2) is 36.2 Å². The molecule has 2 aromatic carbocycles. The number of esters is 1. The molecule has 0 unspecified atom stereocenters. The maximum atomic E-state index is 13.5. The van der Waals surface area contributed by atoms with Gasteiger partial charge < -0.3 is 14.4 Å². The Morgan fingerprint density at radius 1 is 1.19 bits per heavy atom. The lowest BCUT2D eigenvalue weighted by molar-refractivity contribution is -0.123. The number of benzene rings is 2. The van der Waals surface area contributed by atoms with Crippen molar-refractivity contribution in [1.29, 1.82) is 5.26 Å². The van der Waals surface area contributed by atoms with Gasteiger partial charge in [-0.25, -0.2) is 4.79 Å². The summed E-state index contributed by atoms with van der Waals surface area (Å²) in [5, 5.41) is 9.61. The molecule has 1 heterocycles. The van der Waals surface area contributed by atoms with E-state index >= 15 is 0 Å². The van der Waals surface area contributed by atoms with Gasteiger partial charge in [0, 0.05) is 11.8 Å². The lowest BCUT2D eigenvalue weighted by Crippen LogP contribution is -2.55. The second kappa shape index (κ2) is 8.00. The van der Waals surface area contributed by atoms with Crippen molar-refractivity contribution < 1.29 is 19.1 Å². The Kier molecular flexibility index (Phi) is 5.38. The molecule has 7 nitrogen and oxygen atoms in total. The van der Waals surface area contributed by atoms with Crippen LogP contribution in [0.3, 0.4) is 0 Å². The van der Waals surface area contributed by atoms with Crippen molar-refractivity contribution in [3.63, 3.8) is 0 Å². The second-order valence-electron chi connectivity index (χ2n) is 7.41. The van der Waals surface area contributed by atoms with Crippen LogP contribution in [0.1, 0.15) is 42.1 Å². The smallest absolute Gasteiger partial charge is 0.338 e. The summed E-state index contributed by atoms with van der Waals surface area (Å²) in [5.74, 6) is -0.0979. The fraction of sp³-hybridized carbons (Fsp3) is 0.304. The fourth-order valence-electron chi connectivity index (χ4n) is 4.08. The van der Waals surface area contributed by atoms with Gasteiger partial charge in [0.15, 0.2) is 5.11 Å². The molecule has 158 valence electrons. The number of carbonyl (C=O) groups is 2. The van der Waals surface area contributed by atoms with Crippen molar-refractivity contribution in [1.82, 2.24) is 0 Å². The lowest BCUT2D eigenvalue weighted by atomic mass is 9.75. The van der Waals surface area contributed by atoms with Crippen molar-refractivity contribution >= 4 is 40.6 Å². The quantitative estimate of drug-likeness (QED) is 0.522. The summed E-state index contributed by atoms with van der Waals surface area (Å²) in [5.41, 5.74) is 1.40. The van der Waals surface area contributed by atoms with Gasteiger partial charge in [-0.15, -0.1) is 0 Å². The number of nitriles is 1. The molecule has 31 heavy (non-hydrogen) atoms. The molecule has 1 amide bonds. The van der Waals surface area contributed by atoms with E-state index in [9.17, 15) is 14.9 Å². The van der Waals surface area contributed by atoms with Gasteiger partial charge in [0.05, 0.1) is 30.5 Å². The Morgan fingerprint density at radius 3 is 2.42 bits per heavy atom. The summed E-state index contributed by atoms with van der Waals surface area (Å²) >= 11 is 5.75. The zero-order valence-electron chi connectivity index (χ0n) is 17.3. The molecule has 1 spiro atoms. The van der Waals surface area contributed by atoms with Gasteiger partial charge in [-0.1, -0.05) is 0 Å². The monoisotopic (exact) mass is 435 g/mol. The zero-order chi connectivity index (χ0) is 22.2. The van der Waals surface area contributed by atoms with Crippen molar-refractivity contribution in [3.8, 4) is 11.8 Å². The van der Waals surface area contributed by atoms with Crippen LogP contribution in [0.2, 0.25) is 0 Å². The van der Waals surface area contributed by atoms with Crippen LogP contribution < -0.4 is 14.5 Å². The lowest BCUT2D eigenvalue weighted by Gasteiger charge is -2.43. The predicted octanol–water partition coefficient (Wildman–Crippen LogP) is 3.80. The van der Waals surface area contributed by atoms with Crippen LogP contribution >= 0.6 is 12.2 Å². The summed E-state index contributed by atoms with van der Waals surface area (Å²) < 4.78 is 10.3. The number of methoxy groups -OCH3 is 1. The highest BCUT2D eigenvalue weighted by Crippen LogP contribution is 2.48. The molecule has 1 aliphatic carbocycles. The Morgan fingerprint density at radius 2 is 1.87 bits per heavy atom. The third-order valence-corrected chi connectivity index (χ3v) is 6.16. The summed E-state index contributed by atoms with van der Waals surface area (Å²) in [6, 6.07) is 14.0. The molecular formula is C23H21N3O4S. The van der Waals surface area contributed by atoms with Gasteiger partial charge in [0.25, 0.3) is 5.91 Å². The Labute approximate surface area is 185 Å². The topological polar surface area (TPSA) is 82.9 Å². The molecule has 0 atom stereocenters. The van der Waals surface area contributed by atoms with E-state index in [-0.39, 0.29) is 5.91 Å². The summed E-state index contributed by atoms with van der Waals surface area (Å²) in [4.78, 5) is 28.9. The Balaban J connectivity index is 1.72. The fourth-order valence-corrected chi connectivity index (χ4v) is 4.55. The Hall–Kier alpha value is -3.44. The number of anilines is 2. The van der Waals surface area contributed by atoms with Crippen LogP contribution in [0.25, 0.3) is 0 Å². The molecular weight excluding hydrogens is 414 g/mol. The normalized spacial score (nSPS) is 16.8. The summed E-state index contributed by atoms with van der Waals surface area (Å²) in [6.07, 6.45) is 2.31. The van der Waals surface area contributed by atoms with Gasteiger partial charge in [0.2, 0.25) is 0 Å². The number of nitrogens with zero attached hydrogens (tertiary/aromatic N) is 3. The number of rotatable bonds is 5.